The van der Waals surface area contributed by atoms with Gasteiger partial charge in [0.1, 0.15) is 0 Å². The smallest absolute Gasteiger partial charge is 0.308 e. The van der Waals surface area contributed by atoms with E-state index < -0.39 is 18.0 Å². The van der Waals surface area contributed by atoms with Crippen molar-refractivity contribution in [2.24, 2.45) is 11.8 Å². The minimum absolute atomic E-state index is 0.0102. The normalized spacial score (nSPS) is 22.2. The van der Waals surface area contributed by atoms with Crippen molar-refractivity contribution in [3.8, 4) is 0 Å². The molecule has 1 heterocycles. The number of nitrogens with one attached hydrogen (secondary N) is 1. The van der Waals surface area contributed by atoms with Crippen LogP contribution in [0.4, 0.5) is 5.69 Å². The lowest BCUT2D eigenvalue weighted by Crippen LogP contribution is -2.35. The van der Waals surface area contributed by atoms with Crippen LogP contribution in [0.3, 0.4) is 0 Å². The van der Waals surface area contributed by atoms with Gasteiger partial charge in [0.2, 0.25) is 11.8 Å². The topological polar surface area (TPSA) is 92.8 Å². The van der Waals surface area contributed by atoms with E-state index in [2.05, 4.69) is 5.32 Å². The second-order valence-corrected chi connectivity index (χ2v) is 7.75. The summed E-state index contributed by atoms with van der Waals surface area (Å²) in [6.07, 6.45) is 3.24. The average molecular weight is 400 g/mol. The molecule has 1 aliphatic carbocycles. The number of rotatable bonds is 7. The number of ether oxygens (including phenoxy) is 1. The molecule has 2 aliphatic rings. The molecular weight excluding hydrogens is 372 g/mol. The van der Waals surface area contributed by atoms with Crippen molar-refractivity contribution in [2.75, 3.05) is 11.9 Å². The zero-order chi connectivity index (χ0) is 21.0. The second-order valence-electron chi connectivity index (χ2n) is 7.75. The molecule has 0 unspecified atom stereocenters. The molecule has 1 aliphatic heterocycles. The molecular formula is C22H28N2O5. The minimum atomic E-state index is -0.971. The number of anilines is 1. The number of amides is 3. The number of aryl methyl sites for hydroxylation is 1. The van der Waals surface area contributed by atoms with Crippen molar-refractivity contribution in [2.45, 2.75) is 58.5 Å². The van der Waals surface area contributed by atoms with E-state index in [1.807, 2.05) is 19.1 Å². The second kappa shape index (κ2) is 9.20. The Bertz CT molecular complexity index is 765. The summed E-state index contributed by atoms with van der Waals surface area (Å²) >= 11 is 0. The van der Waals surface area contributed by atoms with Gasteiger partial charge in [-0.15, -0.1) is 0 Å². The highest BCUT2D eigenvalue weighted by molar-refractivity contribution is 6.05. The predicted octanol–water partition coefficient (Wildman–Crippen LogP) is 2.68. The molecule has 29 heavy (non-hydrogen) atoms. The van der Waals surface area contributed by atoms with Gasteiger partial charge in [-0.2, -0.15) is 0 Å². The molecule has 3 atom stereocenters. The highest BCUT2D eigenvalue weighted by Crippen LogP contribution is 2.37. The Morgan fingerprint density at radius 2 is 1.69 bits per heavy atom. The molecule has 3 amide bonds. The molecule has 1 N–H and O–H groups in total. The van der Waals surface area contributed by atoms with Crippen LogP contribution in [0.1, 0.15) is 51.5 Å². The maximum absolute atomic E-state index is 12.4. The number of carbonyl (C=O) groups is 4. The van der Waals surface area contributed by atoms with Gasteiger partial charge in [-0.25, -0.2) is 0 Å². The lowest BCUT2D eigenvalue weighted by Gasteiger charge is -2.19. The first-order valence-corrected chi connectivity index (χ1v) is 10.3. The lowest BCUT2D eigenvalue weighted by atomic mass is 9.81. The summed E-state index contributed by atoms with van der Waals surface area (Å²) in [5.41, 5.74) is 1.79. The van der Waals surface area contributed by atoms with Gasteiger partial charge in [-0.3, -0.25) is 24.1 Å². The molecule has 7 nitrogen and oxygen atoms in total. The summed E-state index contributed by atoms with van der Waals surface area (Å²) < 4.78 is 5.18. The van der Waals surface area contributed by atoms with E-state index in [0.29, 0.717) is 5.69 Å². The average Bonchev–Trinajstić information content (AvgIpc) is 2.97. The van der Waals surface area contributed by atoms with E-state index in [1.54, 1.807) is 12.1 Å². The van der Waals surface area contributed by atoms with Crippen LogP contribution >= 0.6 is 0 Å². The maximum Gasteiger partial charge on any atom is 0.308 e. The van der Waals surface area contributed by atoms with Gasteiger partial charge in [0.25, 0.3) is 5.91 Å². The van der Waals surface area contributed by atoms with Crippen molar-refractivity contribution in [1.29, 1.82) is 0 Å². The number of nitrogens with zero attached hydrogens (tertiary/aromatic N) is 1. The number of hydrogen-bond donors (Lipinski definition) is 1. The predicted molar refractivity (Wildman–Crippen MR) is 107 cm³/mol. The number of fused-ring (bicyclic) bond motifs is 1. The van der Waals surface area contributed by atoms with Gasteiger partial charge in [0.05, 0.1) is 18.3 Å². The fraction of sp³-hybridized carbons (Fsp3) is 0.545. The first kappa shape index (κ1) is 21.0. The summed E-state index contributed by atoms with van der Waals surface area (Å²) in [7, 11) is 0. The van der Waals surface area contributed by atoms with Crippen molar-refractivity contribution in [3.05, 3.63) is 29.8 Å². The third-order valence-corrected chi connectivity index (χ3v) is 5.78. The van der Waals surface area contributed by atoms with E-state index in [4.69, 9.17) is 4.74 Å². The number of carbonyl (C=O) groups excluding carboxylic acids is 4. The van der Waals surface area contributed by atoms with E-state index in [9.17, 15) is 19.2 Å². The Hall–Kier alpha value is -2.70. The first-order chi connectivity index (χ1) is 13.9. The Morgan fingerprint density at radius 1 is 1.10 bits per heavy atom. The molecule has 1 aromatic rings. The summed E-state index contributed by atoms with van der Waals surface area (Å²) in [6.45, 7) is 3.55. The molecule has 0 spiro atoms. The molecule has 0 bridgehead atoms. The van der Waals surface area contributed by atoms with E-state index in [1.165, 1.54) is 11.8 Å². The lowest BCUT2D eigenvalue weighted by molar-refractivity contribution is -0.154. The van der Waals surface area contributed by atoms with Gasteiger partial charge in [0.15, 0.2) is 6.10 Å². The van der Waals surface area contributed by atoms with Gasteiger partial charge in [-0.05, 0) is 43.9 Å². The van der Waals surface area contributed by atoms with Crippen LogP contribution in [-0.4, -0.2) is 41.2 Å². The van der Waals surface area contributed by atoms with Crippen LogP contribution in [0.2, 0.25) is 0 Å². The van der Waals surface area contributed by atoms with Crippen molar-refractivity contribution in [3.63, 3.8) is 0 Å². The molecule has 7 heteroatoms. The summed E-state index contributed by atoms with van der Waals surface area (Å²) in [5.74, 6) is -1.83. The summed E-state index contributed by atoms with van der Waals surface area (Å²) in [6, 6.07) is 7.45. The van der Waals surface area contributed by atoms with E-state index in [-0.39, 0.29) is 36.6 Å². The van der Waals surface area contributed by atoms with Crippen LogP contribution in [0.5, 0.6) is 0 Å². The van der Waals surface area contributed by atoms with Crippen molar-refractivity contribution >= 4 is 29.4 Å². The fourth-order valence-electron chi connectivity index (χ4n) is 4.03. The molecule has 3 rings (SSSR count). The van der Waals surface area contributed by atoms with Gasteiger partial charge < -0.3 is 10.1 Å². The van der Waals surface area contributed by atoms with Gasteiger partial charge in [0, 0.05) is 12.2 Å². The fourth-order valence-corrected chi connectivity index (χ4v) is 4.03. The molecule has 1 aromatic carbocycles. The zero-order valence-electron chi connectivity index (χ0n) is 17.0. The molecule has 2 fully saturated rings. The number of imide groups is 1. The van der Waals surface area contributed by atoms with E-state index in [0.717, 1.165) is 37.7 Å². The highest BCUT2D eigenvalue weighted by atomic mass is 16.5. The Kier molecular flexibility index (Phi) is 6.67. The van der Waals surface area contributed by atoms with Gasteiger partial charge in [-0.1, -0.05) is 31.9 Å². The Labute approximate surface area is 170 Å². The van der Waals surface area contributed by atoms with Crippen LogP contribution in [0.15, 0.2) is 24.3 Å². The van der Waals surface area contributed by atoms with Crippen molar-refractivity contribution in [1.82, 2.24) is 4.90 Å². The Balaban J connectivity index is 1.46. The molecule has 1 saturated carbocycles. The quantitative estimate of drug-likeness (QED) is 0.561. The number of likely N-dealkylation sites (tertiary alicyclic amines) is 1. The van der Waals surface area contributed by atoms with Crippen LogP contribution < -0.4 is 5.32 Å². The first-order valence-electron chi connectivity index (χ1n) is 10.3. The van der Waals surface area contributed by atoms with Crippen LogP contribution in [0.25, 0.3) is 0 Å². The van der Waals surface area contributed by atoms with Crippen molar-refractivity contribution < 1.29 is 23.9 Å². The third kappa shape index (κ3) is 4.83. The highest BCUT2D eigenvalue weighted by Gasteiger charge is 2.47. The Morgan fingerprint density at radius 3 is 2.24 bits per heavy atom. The minimum Gasteiger partial charge on any atom is -0.452 e. The molecule has 1 saturated heterocycles. The summed E-state index contributed by atoms with van der Waals surface area (Å²) in [4.78, 5) is 50.4. The molecule has 156 valence electrons. The van der Waals surface area contributed by atoms with E-state index >= 15 is 0 Å². The largest absolute Gasteiger partial charge is 0.452 e. The molecule has 0 aromatic heterocycles. The summed E-state index contributed by atoms with van der Waals surface area (Å²) in [5, 5.41) is 2.71. The third-order valence-electron chi connectivity index (χ3n) is 5.78. The van der Waals surface area contributed by atoms with Gasteiger partial charge >= 0.3 is 5.97 Å². The number of esters is 1. The standard InChI is InChI=1S/C22H28N2O5/c1-3-15-8-10-16(11-9-15)23-20(26)14(2)29-19(25)12-13-24-21(27)17-6-4-5-7-18(17)22(24)28/h8-11,14,17-18H,3-7,12-13H2,1-2H3,(H,23,26)/t14-,17-,18-/m0/s1. The van der Waals surface area contributed by atoms with Crippen LogP contribution in [0, 0.1) is 11.8 Å². The zero-order valence-corrected chi connectivity index (χ0v) is 17.0. The monoisotopic (exact) mass is 400 g/mol. The number of benzene rings is 1. The van der Waals surface area contributed by atoms with Crippen LogP contribution in [-0.2, 0) is 30.3 Å². The number of hydrogen-bond acceptors (Lipinski definition) is 5. The maximum atomic E-state index is 12.4. The molecule has 0 radical (unpaired) electrons. The SMILES string of the molecule is CCc1ccc(NC(=O)[C@H](C)OC(=O)CCN2C(=O)[C@H]3CCCC[C@@H]3C2=O)cc1.